The number of aliphatic hydroxyl groups is 1. The van der Waals surface area contributed by atoms with Gasteiger partial charge in [0.1, 0.15) is 17.7 Å². The molecule has 90 valence electrons. The molecule has 0 aliphatic heterocycles. The van der Waals surface area contributed by atoms with Gasteiger partial charge in [-0.15, -0.1) is 11.3 Å². The third-order valence-corrected chi connectivity index (χ3v) is 3.57. The second-order valence-electron chi connectivity index (χ2n) is 3.74. The molecule has 2 rings (SSSR count). The minimum atomic E-state index is -0.848. The number of benzene rings is 1. The van der Waals surface area contributed by atoms with E-state index in [1.54, 1.807) is 0 Å². The lowest BCUT2D eigenvalue weighted by molar-refractivity contribution is 0.218. The predicted molar refractivity (Wildman–Crippen MR) is 66.1 cm³/mol. The van der Waals surface area contributed by atoms with Gasteiger partial charge in [-0.25, -0.2) is 4.39 Å². The fourth-order valence-electron chi connectivity index (χ4n) is 1.67. The van der Waals surface area contributed by atoms with E-state index >= 15 is 0 Å². The number of halogens is 1. The van der Waals surface area contributed by atoms with Gasteiger partial charge in [-0.2, -0.15) is 0 Å². The Hall–Kier alpha value is -1.39. The van der Waals surface area contributed by atoms with Gasteiger partial charge in [0.25, 0.3) is 0 Å². The van der Waals surface area contributed by atoms with E-state index in [9.17, 15) is 9.50 Å². The van der Waals surface area contributed by atoms with Crippen LogP contribution >= 0.6 is 11.3 Å². The number of methoxy groups -OCH3 is 1. The summed E-state index contributed by atoms with van der Waals surface area (Å²) in [4.78, 5) is 1.89. The Labute approximate surface area is 103 Å². The van der Waals surface area contributed by atoms with Crippen molar-refractivity contribution in [3.05, 3.63) is 51.5 Å². The highest BCUT2D eigenvalue weighted by atomic mass is 32.1. The molecule has 17 heavy (non-hydrogen) atoms. The fourth-order valence-corrected chi connectivity index (χ4v) is 2.56. The van der Waals surface area contributed by atoms with Gasteiger partial charge in [0.15, 0.2) is 0 Å². The SMILES string of the molecule is COc1ccc(F)cc1[C@H](O)c1ccc(C)s1. The molecule has 2 nitrogen and oxygen atoms in total. The highest BCUT2D eigenvalue weighted by Crippen LogP contribution is 2.33. The quantitative estimate of drug-likeness (QED) is 0.908. The molecular weight excluding hydrogens is 239 g/mol. The van der Waals surface area contributed by atoms with Crippen LogP contribution in [0.3, 0.4) is 0 Å². The minimum absolute atomic E-state index is 0.381. The third-order valence-electron chi connectivity index (χ3n) is 2.52. The highest BCUT2D eigenvalue weighted by molar-refractivity contribution is 7.12. The normalized spacial score (nSPS) is 12.5. The van der Waals surface area contributed by atoms with Crippen molar-refractivity contribution in [3.8, 4) is 5.75 Å². The molecule has 1 heterocycles. The summed E-state index contributed by atoms with van der Waals surface area (Å²) >= 11 is 1.49. The maximum atomic E-state index is 13.2. The summed E-state index contributed by atoms with van der Waals surface area (Å²) in [6.45, 7) is 1.96. The first-order chi connectivity index (χ1) is 8.11. The molecule has 0 aliphatic carbocycles. The average Bonchev–Trinajstić information content (AvgIpc) is 2.75. The van der Waals surface area contributed by atoms with E-state index in [2.05, 4.69) is 0 Å². The van der Waals surface area contributed by atoms with Gasteiger partial charge >= 0.3 is 0 Å². The molecule has 0 aliphatic rings. The Kier molecular flexibility index (Phi) is 3.45. The van der Waals surface area contributed by atoms with Gasteiger partial charge in [0.05, 0.1) is 7.11 Å². The maximum absolute atomic E-state index is 13.2. The maximum Gasteiger partial charge on any atom is 0.125 e. The van der Waals surface area contributed by atoms with Gasteiger partial charge in [-0.05, 0) is 37.3 Å². The number of aliphatic hydroxyl groups excluding tert-OH is 1. The Balaban J connectivity index is 2.42. The second kappa shape index (κ2) is 4.85. The average molecular weight is 252 g/mol. The third kappa shape index (κ3) is 2.48. The van der Waals surface area contributed by atoms with Crippen molar-refractivity contribution in [1.82, 2.24) is 0 Å². The standard InChI is InChI=1S/C13H13FO2S/c1-8-3-6-12(17-8)13(15)10-7-9(14)4-5-11(10)16-2/h3-7,13,15H,1-2H3/t13-/m0/s1. The van der Waals surface area contributed by atoms with E-state index in [1.807, 2.05) is 19.1 Å². The summed E-state index contributed by atoms with van der Waals surface area (Å²) in [5.74, 6) is 0.109. The van der Waals surface area contributed by atoms with E-state index < -0.39 is 6.10 Å². The molecule has 0 unspecified atom stereocenters. The number of hydrogen-bond donors (Lipinski definition) is 1. The van der Waals surface area contributed by atoms with Crippen molar-refractivity contribution >= 4 is 11.3 Å². The minimum Gasteiger partial charge on any atom is -0.496 e. The van der Waals surface area contributed by atoms with Crippen LogP contribution in [-0.2, 0) is 0 Å². The second-order valence-corrected chi connectivity index (χ2v) is 5.06. The lowest BCUT2D eigenvalue weighted by Crippen LogP contribution is -2.01. The Morgan fingerprint density at radius 3 is 2.65 bits per heavy atom. The van der Waals surface area contributed by atoms with Crippen LogP contribution in [0.1, 0.15) is 21.4 Å². The fraction of sp³-hybridized carbons (Fsp3) is 0.231. The number of thiophene rings is 1. The summed E-state index contributed by atoms with van der Waals surface area (Å²) in [5.41, 5.74) is 0.453. The molecule has 1 atom stereocenters. The van der Waals surface area contributed by atoms with Crippen molar-refractivity contribution < 1.29 is 14.2 Å². The van der Waals surface area contributed by atoms with Gasteiger partial charge in [0, 0.05) is 15.3 Å². The largest absolute Gasteiger partial charge is 0.496 e. The summed E-state index contributed by atoms with van der Waals surface area (Å²) in [5, 5.41) is 10.2. The molecule has 4 heteroatoms. The molecular formula is C13H13FO2S. The van der Waals surface area contributed by atoms with Gasteiger partial charge < -0.3 is 9.84 Å². The molecule has 2 aromatic rings. The number of rotatable bonds is 3. The van der Waals surface area contributed by atoms with Gasteiger partial charge in [-0.3, -0.25) is 0 Å². The first-order valence-electron chi connectivity index (χ1n) is 5.19. The van der Waals surface area contributed by atoms with Crippen LogP contribution in [0, 0.1) is 12.7 Å². The predicted octanol–water partition coefficient (Wildman–Crippen LogP) is 3.29. The monoisotopic (exact) mass is 252 g/mol. The summed E-state index contributed by atoms with van der Waals surface area (Å²) < 4.78 is 18.3. The van der Waals surface area contributed by atoms with Crippen molar-refractivity contribution in [2.75, 3.05) is 7.11 Å². The van der Waals surface area contributed by atoms with E-state index in [1.165, 1.54) is 36.6 Å². The van der Waals surface area contributed by atoms with Crippen LogP contribution < -0.4 is 4.74 Å². The molecule has 1 aromatic heterocycles. The van der Waals surface area contributed by atoms with Crippen LogP contribution in [-0.4, -0.2) is 12.2 Å². The van der Waals surface area contributed by atoms with Gasteiger partial charge in [0.2, 0.25) is 0 Å². The number of hydrogen-bond acceptors (Lipinski definition) is 3. The number of aryl methyl sites for hydroxylation is 1. The van der Waals surface area contributed by atoms with Crippen LogP contribution in [0.5, 0.6) is 5.75 Å². The molecule has 1 N–H and O–H groups in total. The van der Waals surface area contributed by atoms with Crippen LogP contribution in [0.15, 0.2) is 30.3 Å². The molecule has 0 fully saturated rings. The summed E-state index contributed by atoms with van der Waals surface area (Å²) in [6, 6.07) is 7.91. The number of ether oxygens (including phenoxy) is 1. The lowest BCUT2D eigenvalue weighted by Gasteiger charge is -2.13. The molecule has 0 amide bonds. The Morgan fingerprint density at radius 2 is 2.06 bits per heavy atom. The zero-order valence-electron chi connectivity index (χ0n) is 9.61. The zero-order chi connectivity index (χ0) is 12.4. The van der Waals surface area contributed by atoms with E-state index in [4.69, 9.17) is 4.74 Å². The van der Waals surface area contributed by atoms with Crippen molar-refractivity contribution in [2.45, 2.75) is 13.0 Å². The van der Waals surface area contributed by atoms with Crippen LogP contribution in [0.2, 0.25) is 0 Å². The van der Waals surface area contributed by atoms with Crippen molar-refractivity contribution in [1.29, 1.82) is 0 Å². The Morgan fingerprint density at radius 1 is 1.29 bits per heavy atom. The van der Waals surface area contributed by atoms with E-state index in [0.29, 0.717) is 11.3 Å². The molecule has 1 aromatic carbocycles. The van der Waals surface area contributed by atoms with E-state index in [-0.39, 0.29) is 5.82 Å². The zero-order valence-corrected chi connectivity index (χ0v) is 10.4. The molecule has 0 saturated carbocycles. The Bertz CT molecular complexity index is 522. The van der Waals surface area contributed by atoms with Crippen LogP contribution in [0.4, 0.5) is 4.39 Å². The van der Waals surface area contributed by atoms with Crippen molar-refractivity contribution in [2.24, 2.45) is 0 Å². The van der Waals surface area contributed by atoms with E-state index in [0.717, 1.165) is 9.75 Å². The summed E-state index contributed by atoms with van der Waals surface area (Å²) in [7, 11) is 1.50. The highest BCUT2D eigenvalue weighted by Gasteiger charge is 2.17. The molecule has 0 spiro atoms. The lowest BCUT2D eigenvalue weighted by atomic mass is 10.1. The van der Waals surface area contributed by atoms with Gasteiger partial charge in [-0.1, -0.05) is 0 Å². The first kappa shape index (κ1) is 12.1. The topological polar surface area (TPSA) is 29.5 Å². The smallest absolute Gasteiger partial charge is 0.125 e. The molecule has 0 bridgehead atoms. The van der Waals surface area contributed by atoms with Crippen LogP contribution in [0.25, 0.3) is 0 Å². The molecule has 0 saturated heterocycles. The molecule has 0 radical (unpaired) electrons. The summed E-state index contributed by atoms with van der Waals surface area (Å²) in [6.07, 6.45) is -0.848. The van der Waals surface area contributed by atoms with Crippen molar-refractivity contribution in [3.63, 3.8) is 0 Å². The first-order valence-corrected chi connectivity index (χ1v) is 6.01.